The van der Waals surface area contributed by atoms with Crippen LogP contribution in [0.15, 0.2) is 144 Å². The molecule has 244 valence electrons. The molecule has 2 nitrogen and oxygen atoms in total. The monoisotopic (exact) mass is 673 g/mol. The van der Waals surface area contributed by atoms with E-state index in [0.29, 0.717) is 0 Å². The molecule has 0 unspecified atom stereocenters. The summed E-state index contributed by atoms with van der Waals surface area (Å²) in [5.41, 5.74) is 16.0. The van der Waals surface area contributed by atoms with Gasteiger partial charge in [-0.3, -0.25) is 0 Å². The molecule has 2 aliphatic rings. The molecule has 9 aromatic rings. The van der Waals surface area contributed by atoms with Gasteiger partial charge in [0, 0.05) is 48.4 Å². The number of furan rings is 1. The zero-order chi connectivity index (χ0) is 34.2. The van der Waals surface area contributed by atoms with Crippen LogP contribution in [0.1, 0.15) is 49.9 Å². The largest absolute Gasteiger partial charge is 0.455 e. The molecule has 0 saturated heterocycles. The fourth-order valence-electron chi connectivity index (χ4n) is 9.30. The van der Waals surface area contributed by atoms with Crippen LogP contribution in [0.3, 0.4) is 0 Å². The highest BCUT2D eigenvalue weighted by atomic mass is 32.1. The van der Waals surface area contributed by atoms with E-state index >= 15 is 0 Å². The molecule has 11 rings (SSSR count). The summed E-state index contributed by atoms with van der Waals surface area (Å²) in [6, 6.07) is 51.8. The van der Waals surface area contributed by atoms with E-state index in [9.17, 15) is 0 Å². The summed E-state index contributed by atoms with van der Waals surface area (Å²) < 4.78 is 9.21. The van der Waals surface area contributed by atoms with Crippen molar-refractivity contribution in [1.82, 2.24) is 0 Å². The third-order valence-corrected chi connectivity index (χ3v) is 13.1. The Hall–Kier alpha value is -5.64. The number of anilines is 3. The van der Waals surface area contributed by atoms with Crippen LogP contribution < -0.4 is 4.90 Å². The summed E-state index contributed by atoms with van der Waals surface area (Å²) in [5, 5.41) is 4.71. The molecular weight excluding hydrogens is 639 g/mol. The lowest BCUT2D eigenvalue weighted by Gasteiger charge is -2.30. The fourth-order valence-corrected chi connectivity index (χ4v) is 10.5. The van der Waals surface area contributed by atoms with Crippen LogP contribution in [-0.4, -0.2) is 0 Å². The third kappa shape index (κ3) is 3.82. The molecule has 0 radical (unpaired) electrons. The summed E-state index contributed by atoms with van der Waals surface area (Å²) in [7, 11) is 0. The van der Waals surface area contributed by atoms with E-state index < -0.39 is 0 Å². The maximum atomic E-state index is 6.71. The summed E-state index contributed by atoms with van der Waals surface area (Å²) in [6.07, 6.45) is 0. The number of fused-ring (bicyclic) bond motifs is 13. The van der Waals surface area contributed by atoms with E-state index in [1.165, 1.54) is 70.4 Å². The van der Waals surface area contributed by atoms with Gasteiger partial charge in [0.25, 0.3) is 0 Å². The van der Waals surface area contributed by atoms with Crippen molar-refractivity contribution in [1.29, 1.82) is 0 Å². The van der Waals surface area contributed by atoms with E-state index in [1.54, 1.807) is 0 Å². The molecule has 0 spiro atoms. The van der Waals surface area contributed by atoms with E-state index in [2.05, 4.69) is 172 Å². The Balaban J connectivity index is 1.24. The number of nitrogens with zero attached hydrogens (tertiary/aromatic N) is 1. The van der Waals surface area contributed by atoms with Gasteiger partial charge in [0.1, 0.15) is 11.2 Å². The lowest BCUT2D eigenvalue weighted by atomic mass is 9.82. The summed E-state index contributed by atoms with van der Waals surface area (Å²) in [6.45, 7) is 9.48. The molecule has 2 aromatic heterocycles. The Morgan fingerprint density at radius 3 is 1.67 bits per heavy atom. The number of hydrogen-bond acceptors (Lipinski definition) is 3. The summed E-state index contributed by atoms with van der Waals surface area (Å²) in [4.78, 5) is 2.53. The Labute approximate surface area is 301 Å². The van der Waals surface area contributed by atoms with Gasteiger partial charge in [-0.05, 0) is 87.0 Å². The van der Waals surface area contributed by atoms with Crippen LogP contribution in [0, 0.1) is 0 Å². The van der Waals surface area contributed by atoms with Crippen molar-refractivity contribution in [2.45, 2.75) is 38.5 Å². The van der Waals surface area contributed by atoms with Gasteiger partial charge in [-0.2, -0.15) is 0 Å². The van der Waals surface area contributed by atoms with Crippen molar-refractivity contribution in [3.8, 4) is 22.3 Å². The first kappa shape index (κ1) is 29.1. The predicted molar refractivity (Wildman–Crippen MR) is 216 cm³/mol. The quantitative estimate of drug-likeness (QED) is 0.186. The lowest BCUT2D eigenvalue weighted by molar-refractivity contribution is 0.660. The molecule has 51 heavy (non-hydrogen) atoms. The Kier molecular flexibility index (Phi) is 5.71. The molecule has 0 N–H and O–H groups in total. The molecule has 0 amide bonds. The fraction of sp³-hybridized carbons (Fsp3) is 0.125. The SMILES string of the molecule is CC1(C)c2ccccc2-c2ccc(N(c3ccc4c(c3)C(C)(C)c3ccccc3-4)c3cc4c5ccccc5oc4c4c3sc3ccccc34)cc21. The van der Waals surface area contributed by atoms with Crippen LogP contribution in [0.4, 0.5) is 17.1 Å². The van der Waals surface area contributed by atoms with Gasteiger partial charge >= 0.3 is 0 Å². The molecule has 3 heteroatoms. The van der Waals surface area contributed by atoms with Crippen molar-refractivity contribution in [2.24, 2.45) is 0 Å². The third-order valence-electron chi connectivity index (χ3n) is 11.9. The van der Waals surface area contributed by atoms with Crippen molar-refractivity contribution < 1.29 is 4.42 Å². The van der Waals surface area contributed by atoms with Crippen LogP contribution in [0.2, 0.25) is 0 Å². The minimum absolute atomic E-state index is 0.118. The topological polar surface area (TPSA) is 16.4 Å². The minimum atomic E-state index is -0.118. The Bertz CT molecular complexity index is 2830. The predicted octanol–water partition coefficient (Wildman–Crippen LogP) is 14.0. The van der Waals surface area contributed by atoms with E-state index in [1.807, 2.05) is 11.3 Å². The van der Waals surface area contributed by atoms with Gasteiger partial charge in [-0.15, -0.1) is 11.3 Å². The highest BCUT2D eigenvalue weighted by Crippen LogP contribution is 2.55. The van der Waals surface area contributed by atoms with Crippen LogP contribution in [0.5, 0.6) is 0 Å². The van der Waals surface area contributed by atoms with Crippen molar-refractivity contribution in [3.63, 3.8) is 0 Å². The number of thiophene rings is 1. The van der Waals surface area contributed by atoms with Gasteiger partial charge in [0.15, 0.2) is 0 Å². The van der Waals surface area contributed by atoms with E-state index in [4.69, 9.17) is 4.42 Å². The number of rotatable bonds is 3. The zero-order valence-corrected chi connectivity index (χ0v) is 29.9. The van der Waals surface area contributed by atoms with Crippen molar-refractivity contribution in [3.05, 3.63) is 162 Å². The lowest BCUT2D eigenvalue weighted by Crippen LogP contribution is -2.18. The highest BCUT2D eigenvalue weighted by Gasteiger charge is 2.38. The second-order valence-corrected chi connectivity index (χ2v) is 16.4. The van der Waals surface area contributed by atoms with Crippen molar-refractivity contribution in [2.75, 3.05) is 4.90 Å². The molecular formula is C48H35NOS. The van der Waals surface area contributed by atoms with Gasteiger partial charge in [0.05, 0.1) is 10.4 Å². The first-order chi connectivity index (χ1) is 24.8. The Morgan fingerprint density at radius 1 is 0.490 bits per heavy atom. The maximum Gasteiger partial charge on any atom is 0.144 e. The van der Waals surface area contributed by atoms with Gasteiger partial charge in [-0.1, -0.05) is 125 Å². The van der Waals surface area contributed by atoms with Crippen LogP contribution in [-0.2, 0) is 10.8 Å². The zero-order valence-electron chi connectivity index (χ0n) is 29.0. The molecule has 2 heterocycles. The van der Waals surface area contributed by atoms with E-state index in [-0.39, 0.29) is 10.8 Å². The number of hydrogen-bond donors (Lipinski definition) is 0. The average Bonchev–Trinajstić information content (AvgIpc) is 3.85. The molecule has 0 saturated carbocycles. The van der Waals surface area contributed by atoms with Gasteiger partial charge < -0.3 is 9.32 Å². The maximum absolute atomic E-state index is 6.71. The normalized spacial score (nSPS) is 15.0. The van der Waals surface area contributed by atoms with Gasteiger partial charge in [-0.25, -0.2) is 0 Å². The number of benzene rings is 7. The average molecular weight is 674 g/mol. The van der Waals surface area contributed by atoms with E-state index in [0.717, 1.165) is 33.3 Å². The molecule has 0 atom stereocenters. The van der Waals surface area contributed by atoms with Gasteiger partial charge in [0.2, 0.25) is 0 Å². The molecule has 0 fully saturated rings. The Morgan fingerprint density at radius 2 is 1.02 bits per heavy atom. The second kappa shape index (κ2) is 9.99. The molecule has 2 aliphatic carbocycles. The standard InChI is InChI=1S/C48H35NOS/c1-47(2)37-17-9-5-13-30(37)32-23-21-28(25-39(32)47)49(29-22-24-33-31-14-6-10-18-38(31)48(3,4)40(33)26-29)41-27-36-34-15-7-11-19-42(34)50-45(36)44-35-16-8-12-20-43(35)51-46(41)44/h5-27H,1-4H3. The molecule has 0 bridgehead atoms. The minimum Gasteiger partial charge on any atom is -0.455 e. The number of para-hydroxylation sites is 1. The first-order valence-electron chi connectivity index (χ1n) is 17.9. The second-order valence-electron chi connectivity index (χ2n) is 15.3. The van der Waals surface area contributed by atoms with Crippen LogP contribution >= 0.6 is 11.3 Å². The summed E-state index contributed by atoms with van der Waals surface area (Å²) in [5.74, 6) is 0. The molecule has 0 aliphatic heterocycles. The van der Waals surface area contributed by atoms with Crippen molar-refractivity contribution >= 4 is 70.5 Å². The molecule has 7 aromatic carbocycles. The van der Waals surface area contributed by atoms with Crippen LogP contribution in [0.25, 0.3) is 64.4 Å². The smallest absolute Gasteiger partial charge is 0.144 e. The summed E-state index contributed by atoms with van der Waals surface area (Å²) >= 11 is 1.86. The highest BCUT2D eigenvalue weighted by molar-refractivity contribution is 7.26. The first-order valence-corrected chi connectivity index (χ1v) is 18.7.